The zero-order valence-corrected chi connectivity index (χ0v) is 16.6. The van der Waals surface area contributed by atoms with Gasteiger partial charge in [-0.3, -0.25) is 4.79 Å². The lowest BCUT2D eigenvalue weighted by Crippen LogP contribution is -2.44. The molecule has 1 heterocycles. The number of alkyl carbamates (subject to hydrolysis) is 1. The molecule has 1 saturated heterocycles. The van der Waals surface area contributed by atoms with Crippen LogP contribution in [0.1, 0.15) is 45.4 Å². The molecule has 26 heavy (non-hydrogen) atoms. The fourth-order valence-electron chi connectivity index (χ4n) is 3.74. The fraction of sp³-hybridized carbons (Fsp3) is 0.800. The molecule has 0 aromatic rings. The van der Waals surface area contributed by atoms with E-state index in [9.17, 15) is 9.59 Å². The molecule has 1 fully saturated rings. The monoisotopic (exact) mass is 365 g/mol. The van der Waals surface area contributed by atoms with Gasteiger partial charge in [0.1, 0.15) is 11.9 Å². The number of likely N-dealkylation sites (N-methyl/N-ethyl adjacent to an activating group) is 1. The predicted molar refractivity (Wildman–Crippen MR) is 103 cm³/mol. The number of ether oxygens (including phenoxy) is 1. The Morgan fingerprint density at radius 2 is 1.96 bits per heavy atom. The Morgan fingerprint density at radius 1 is 1.23 bits per heavy atom. The van der Waals surface area contributed by atoms with Crippen molar-refractivity contribution in [2.45, 2.75) is 51.6 Å². The van der Waals surface area contributed by atoms with E-state index >= 15 is 0 Å². The van der Waals surface area contributed by atoms with E-state index in [1.165, 1.54) is 0 Å². The summed E-state index contributed by atoms with van der Waals surface area (Å²) in [5, 5.41) is 2.48. The molecule has 0 radical (unpaired) electrons. The highest BCUT2D eigenvalue weighted by Crippen LogP contribution is 2.35. The molecule has 1 amide bonds. The molecule has 0 aromatic heterocycles. The van der Waals surface area contributed by atoms with Gasteiger partial charge in [0.25, 0.3) is 0 Å². The van der Waals surface area contributed by atoms with Crippen LogP contribution in [0.15, 0.2) is 12.2 Å². The Bertz CT molecular complexity index is 501. The molecule has 6 nitrogen and oxygen atoms in total. The number of carbonyl (C=O) groups is 2. The molecule has 0 saturated carbocycles. The first kappa shape index (κ1) is 20.9. The average Bonchev–Trinajstić information content (AvgIpc) is 2.62. The van der Waals surface area contributed by atoms with Crippen LogP contribution in [0.3, 0.4) is 0 Å². The summed E-state index contributed by atoms with van der Waals surface area (Å²) in [4.78, 5) is 29.1. The Kier molecular flexibility index (Phi) is 8.10. The second kappa shape index (κ2) is 10.1. The van der Waals surface area contributed by atoms with E-state index in [4.69, 9.17) is 4.74 Å². The van der Waals surface area contributed by atoms with Gasteiger partial charge >= 0.3 is 6.09 Å². The smallest absolute Gasteiger partial charge is 0.407 e. The normalized spacial score (nSPS) is 29.4. The maximum absolute atomic E-state index is 12.9. The van der Waals surface area contributed by atoms with E-state index in [1.807, 2.05) is 12.2 Å². The summed E-state index contributed by atoms with van der Waals surface area (Å²) in [6, 6.07) is 0. The lowest BCUT2D eigenvalue weighted by atomic mass is 9.74. The summed E-state index contributed by atoms with van der Waals surface area (Å²) in [6.45, 7) is 7.53. The molecule has 1 aliphatic heterocycles. The van der Waals surface area contributed by atoms with Crippen molar-refractivity contribution in [3.8, 4) is 0 Å². The molecule has 1 N–H and O–H groups in total. The van der Waals surface area contributed by atoms with E-state index in [1.54, 1.807) is 7.05 Å². The van der Waals surface area contributed by atoms with Crippen molar-refractivity contribution in [1.29, 1.82) is 0 Å². The summed E-state index contributed by atoms with van der Waals surface area (Å²) in [6.07, 6.45) is 8.12. The van der Waals surface area contributed by atoms with Gasteiger partial charge in [-0.25, -0.2) is 4.79 Å². The van der Waals surface area contributed by atoms with Crippen molar-refractivity contribution in [1.82, 2.24) is 15.1 Å². The molecule has 2 aliphatic rings. The molecule has 6 heteroatoms. The molecular weight excluding hydrogens is 330 g/mol. The van der Waals surface area contributed by atoms with E-state index in [0.29, 0.717) is 18.6 Å². The van der Waals surface area contributed by atoms with Crippen LogP contribution in [0, 0.1) is 5.41 Å². The van der Waals surface area contributed by atoms with Crippen LogP contribution in [0.4, 0.5) is 4.79 Å². The number of allylic oxidation sites excluding steroid dienone is 1. The van der Waals surface area contributed by atoms with Gasteiger partial charge in [-0.2, -0.15) is 0 Å². The van der Waals surface area contributed by atoms with Crippen LogP contribution in [0.2, 0.25) is 0 Å². The largest absolute Gasteiger partial charge is 0.442 e. The summed E-state index contributed by atoms with van der Waals surface area (Å²) in [5.41, 5.74) is -0.308. The van der Waals surface area contributed by atoms with E-state index in [-0.39, 0.29) is 11.5 Å². The number of carbonyl (C=O) groups excluding carboxylic acids is 2. The molecular formula is C20H35N3O3. The highest BCUT2D eigenvalue weighted by molar-refractivity contribution is 5.84. The molecule has 2 atom stereocenters. The maximum Gasteiger partial charge on any atom is 0.407 e. The standard InChI is InChI=1S/C20H35N3O3/c1-20(10-5-4-7-17(9-11-20)26-19(25)21-2)18(24)8-6-12-23-15-13-22(3)14-16-23/h4,7,17H,5-6,8-16H2,1-3H3,(H,21,25)/b7-4+/t17-,20+/m0/s1. The van der Waals surface area contributed by atoms with Gasteiger partial charge in [-0.15, -0.1) is 0 Å². The third kappa shape index (κ3) is 6.40. The Labute approximate surface area is 157 Å². The lowest BCUT2D eigenvalue weighted by molar-refractivity contribution is -0.129. The molecule has 148 valence electrons. The minimum absolute atomic E-state index is 0.243. The zero-order valence-electron chi connectivity index (χ0n) is 16.6. The number of amides is 1. The summed E-state index contributed by atoms with van der Waals surface area (Å²) in [7, 11) is 3.72. The van der Waals surface area contributed by atoms with E-state index in [0.717, 1.165) is 58.4 Å². The topological polar surface area (TPSA) is 61.9 Å². The van der Waals surface area contributed by atoms with Gasteiger partial charge in [0, 0.05) is 45.1 Å². The quantitative estimate of drug-likeness (QED) is 0.733. The third-order valence-corrected chi connectivity index (χ3v) is 5.80. The first-order valence-corrected chi connectivity index (χ1v) is 9.92. The van der Waals surface area contributed by atoms with Crippen LogP contribution < -0.4 is 5.32 Å². The second-order valence-electron chi connectivity index (χ2n) is 7.93. The van der Waals surface area contributed by atoms with Crippen molar-refractivity contribution in [3.63, 3.8) is 0 Å². The first-order chi connectivity index (χ1) is 12.4. The van der Waals surface area contributed by atoms with Crippen LogP contribution in [-0.2, 0) is 9.53 Å². The van der Waals surface area contributed by atoms with Gasteiger partial charge in [0.05, 0.1) is 0 Å². The number of hydrogen-bond donors (Lipinski definition) is 1. The van der Waals surface area contributed by atoms with Crippen molar-refractivity contribution < 1.29 is 14.3 Å². The highest BCUT2D eigenvalue weighted by Gasteiger charge is 2.33. The summed E-state index contributed by atoms with van der Waals surface area (Å²) >= 11 is 0. The average molecular weight is 366 g/mol. The Morgan fingerprint density at radius 3 is 2.65 bits per heavy atom. The third-order valence-electron chi connectivity index (χ3n) is 5.80. The van der Waals surface area contributed by atoms with Crippen molar-refractivity contribution in [3.05, 3.63) is 12.2 Å². The highest BCUT2D eigenvalue weighted by atomic mass is 16.6. The number of rotatable bonds is 6. The lowest BCUT2D eigenvalue weighted by Gasteiger charge is -2.33. The van der Waals surface area contributed by atoms with Crippen LogP contribution >= 0.6 is 0 Å². The zero-order chi connectivity index (χ0) is 19.0. The van der Waals surface area contributed by atoms with Gasteiger partial charge in [-0.1, -0.05) is 13.0 Å². The number of nitrogens with zero attached hydrogens (tertiary/aromatic N) is 2. The molecule has 0 bridgehead atoms. The molecule has 0 unspecified atom stereocenters. The van der Waals surface area contributed by atoms with Crippen molar-refractivity contribution >= 4 is 11.9 Å². The van der Waals surface area contributed by atoms with Crippen LogP contribution in [-0.4, -0.2) is 74.6 Å². The molecule has 1 aliphatic carbocycles. The van der Waals surface area contributed by atoms with Crippen molar-refractivity contribution in [2.24, 2.45) is 5.41 Å². The fourth-order valence-corrected chi connectivity index (χ4v) is 3.74. The van der Waals surface area contributed by atoms with E-state index in [2.05, 4.69) is 29.1 Å². The Balaban J connectivity index is 1.79. The van der Waals surface area contributed by atoms with Gasteiger partial charge < -0.3 is 19.9 Å². The number of piperazine rings is 1. The second-order valence-corrected chi connectivity index (χ2v) is 7.93. The number of Topliss-reactive ketones (excluding diaryl/α,β-unsaturated/α-hetero) is 1. The molecule has 0 spiro atoms. The Hall–Kier alpha value is -1.40. The van der Waals surface area contributed by atoms with Gasteiger partial charge in [0.15, 0.2) is 0 Å². The minimum Gasteiger partial charge on any atom is -0.442 e. The van der Waals surface area contributed by atoms with Gasteiger partial charge in [-0.05, 0) is 51.8 Å². The number of ketones is 1. The summed E-state index contributed by atoms with van der Waals surface area (Å²) < 4.78 is 5.36. The van der Waals surface area contributed by atoms with Crippen LogP contribution in [0.5, 0.6) is 0 Å². The minimum atomic E-state index is -0.416. The SMILES string of the molecule is CNC(=O)O[C@H]1/C=C/CC[C@@](C)(C(=O)CCCN2CCN(C)CC2)CC1. The maximum atomic E-state index is 12.9. The van der Waals surface area contributed by atoms with E-state index < -0.39 is 6.09 Å². The predicted octanol–water partition coefficient (Wildman–Crippen LogP) is 2.44. The van der Waals surface area contributed by atoms with Crippen molar-refractivity contribution in [2.75, 3.05) is 46.8 Å². The number of hydrogen-bond acceptors (Lipinski definition) is 5. The number of nitrogens with one attached hydrogen (secondary N) is 1. The first-order valence-electron chi connectivity index (χ1n) is 9.92. The summed E-state index contributed by atoms with van der Waals surface area (Å²) in [5.74, 6) is 0.362. The van der Waals surface area contributed by atoms with Crippen LogP contribution in [0.25, 0.3) is 0 Å². The molecule has 0 aromatic carbocycles. The molecule has 2 rings (SSSR count). The van der Waals surface area contributed by atoms with Gasteiger partial charge in [0.2, 0.25) is 0 Å².